The molecule has 0 radical (unpaired) electrons. The number of Topliss-reactive ketones (excluding diaryl/α,β-unsaturated/α-hetero) is 2. The van der Waals surface area contributed by atoms with Crippen LogP contribution < -0.4 is 5.32 Å². The maximum Gasteiger partial charge on any atom is 0.211 e. The van der Waals surface area contributed by atoms with Crippen LogP contribution in [0, 0.1) is 0 Å². The monoisotopic (exact) mass is 315 g/mol. The fraction of sp³-hybridized carbons (Fsp3) is 0.353. The van der Waals surface area contributed by atoms with Crippen molar-refractivity contribution < 1.29 is 14.4 Å². The number of thioether (sulfide) groups is 1. The molecular formula is C17H17NO3S. The van der Waals surface area contributed by atoms with Gasteiger partial charge in [-0.15, -0.1) is 0 Å². The van der Waals surface area contributed by atoms with Gasteiger partial charge in [-0.1, -0.05) is 42.1 Å². The van der Waals surface area contributed by atoms with Crippen molar-refractivity contribution in [3.05, 3.63) is 47.7 Å². The lowest BCUT2D eigenvalue weighted by atomic mass is 9.80. The first-order chi connectivity index (χ1) is 10.6. The fourth-order valence-corrected chi connectivity index (χ4v) is 3.79. The standard InChI is InChI=1S/C17H17NO3S/c19-15-8-12(11-4-2-1-3-5-11)9-16(20)13(15)10-18-14-6-7-22-17(14)21/h1-5,10,12,14,18H,6-9H2. The highest BCUT2D eigenvalue weighted by atomic mass is 32.2. The van der Waals surface area contributed by atoms with Gasteiger partial charge < -0.3 is 5.32 Å². The van der Waals surface area contributed by atoms with Gasteiger partial charge in [-0.05, 0) is 17.9 Å². The first-order valence-corrected chi connectivity index (χ1v) is 8.38. The number of nitrogens with one attached hydrogen (secondary N) is 1. The molecule has 0 spiro atoms. The van der Waals surface area contributed by atoms with Crippen LogP contribution in [0.5, 0.6) is 0 Å². The Morgan fingerprint density at radius 1 is 1.05 bits per heavy atom. The Kier molecular flexibility index (Phi) is 4.43. The number of hydrogen-bond acceptors (Lipinski definition) is 5. The van der Waals surface area contributed by atoms with Crippen molar-refractivity contribution in [2.45, 2.75) is 31.2 Å². The van der Waals surface area contributed by atoms with E-state index in [0.717, 1.165) is 17.7 Å². The number of hydrogen-bond donors (Lipinski definition) is 1. The first kappa shape index (κ1) is 15.0. The van der Waals surface area contributed by atoms with Gasteiger partial charge in [0.1, 0.15) is 0 Å². The average molecular weight is 315 g/mol. The SMILES string of the molecule is O=C1CC(c2ccccc2)CC(=O)C1=CNC1CCSC1=O. The third-order valence-electron chi connectivity index (χ3n) is 4.10. The normalized spacial score (nSPS) is 25.5. The minimum atomic E-state index is -0.273. The summed E-state index contributed by atoms with van der Waals surface area (Å²) < 4.78 is 0. The Morgan fingerprint density at radius 2 is 1.73 bits per heavy atom. The Bertz CT molecular complexity index is 619. The van der Waals surface area contributed by atoms with E-state index in [4.69, 9.17) is 0 Å². The number of carbonyl (C=O) groups excluding carboxylic acids is 3. The van der Waals surface area contributed by atoms with E-state index >= 15 is 0 Å². The molecule has 3 rings (SSSR count). The highest BCUT2D eigenvalue weighted by Crippen LogP contribution is 2.31. The van der Waals surface area contributed by atoms with E-state index in [0.29, 0.717) is 12.8 Å². The van der Waals surface area contributed by atoms with E-state index < -0.39 is 0 Å². The maximum atomic E-state index is 12.3. The molecule has 1 aromatic rings. The average Bonchev–Trinajstić information content (AvgIpc) is 2.92. The van der Waals surface area contributed by atoms with Gasteiger partial charge in [0.2, 0.25) is 5.12 Å². The van der Waals surface area contributed by atoms with E-state index in [1.54, 1.807) is 0 Å². The van der Waals surface area contributed by atoms with Gasteiger partial charge in [-0.25, -0.2) is 0 Å². The highest BCUT2D eigenvalue weighted by molar-refractivity contribution is 8.14. The van der Waals surface area contributed by atoms with Gasteiger partial charge in [-0.2, -0.15) is 0 Å². The minimum absolute atomic E-state index is 0.0398. The first-order valence-electron chi connectivity index (χ1n) is 7.39. The minimum Gasteiger partial charge on any atom is -0.380 e. The van der Waals surface area contributed by atoms with Crippen LogP contribution in [0.25, 0.3) is 0 Å². The maximum absolute atomic E-state index is 12.3. The third kappa shape index (κ3) is 3.14. The van der Waals surface area contributed by atoms with Crippen molar-refractivity contribution in [3.8, 4) is 0 Å². The van der Waals surface area contributed by atoms with E-state index in [-0.39, 0.29) is 34.2 Å². The third-order valence-corrected chi connectivity index (χ3v) is 5.11. The van der Waals surface area contributed by atoms with Crippen LogP contribution >= 0.6 is 11.8 Å². The van der Waals surface area contributed by atoms with Gasteiger partial charge in [0.05, 0.1) is 11.6 Å². The van der Waals surface area contributed by atoms with Crippen molar-refractivity contribution in [1.82, 2.24) is 5.32 Å². The molecule has 114 valence electrons. The Labute approximate surface area is 133 Å². The predicted molar refractivity (Wildman–Crippen MR) is 85.5 cm³/mol. The Morgan fingerprint density at radius 3 is 2.32 bits per heavy atom. The number of ketones is 2. The molecule has 0 bridgehead atoms. The van der Waals surface area contributed by atoms with Crippen LogP contribution in [0.2, 0.25) is 0 Å². The zero-order chi connectivity index (χ0) is 15.5. The summed E-state index contributed by atoms with van der Waals surface area (Å²) in [6.45, 7) is 0. The number of rotatable bonds is 3. The second-order valence-electron chi connectivity index (χ2n) is 5.60. The summed E-state index contributed by atoms with van der Waals surface area (Å²) in [5.74, 6) is 0.464. The molecule has 22 heavy (non-hydrogen) atoms. The van der Waals surface area contributed by atoms with E-state index in [9.17, 15) is 14.4 Å². The molecule has 1 saturated carbocycles. The summed E-state index contributed by atoms with van der Waals surface area (Å²) in [4.78, 5) is 36.1. The van der Waals surface area contributed by atoms with Gasteiger partial charge in [0.15, 0.2) is 11.6 Å². The molecule has 1 saturated heterocycles. The summed E-state index contributed by atoms with van der Waals surface area (Å²) in [6.07, 6.45) is 2.88. The zero-order valence-corrected chi connectivity index (χ0v) is 12.9. The van der Waals surface area contributed by atoms with Crippen LogP contribution in [-0.2, 0) is 14.4 Å². The zero-order valence-electron chi connectivity index (χ0n) is 12.1. The van der Waals surface area contributed by atoms with Gasteiger partial charge in [0, 0.05) is 24.8 Å². The number of carbonyl (C=O) groups is 3. The molecule has 0 amide bonds. The van der Waals surface area contributed by atoms with Crippen LogP contribution in [0.15, 0.2) is 42.1 Å². The molecule has 1 heterocycles. The number of allylic oxidation sites excluding steroid dienone is 1. The molecule has 1 aliphatic carbocycles. The van der Waals surface area contributed by atoms with Gasteiger partial charge >= 0.3 is 0 Å². The summed E-state index contributed by atoms with van der Waals surface area (Å²) in [5, 5.41) is 3.02. The second-order valence-corrected chi connectivity index (χ2v) is 6.69. The Hall–Kier alpha value is -1.88. The largest absolute Gasteiger partial charge is 0.380 e. The lowest BCUT2D eigenvalue weighted by molar-refractivity contribution is -0.124. The van der Waals surface area contributed by atoms with Gasteiger partial charge in [0.25, 0.3) is 0 Å². The van der Waals surface area contributed by atoms with Gasteiger partial charge in [-0.3, -0.25) is 14.4 Å². The van der Waals surface area contributed by atoms with Crippen LogP contribution in [0.3, 0.4) is 0 Å². The van der Waals surface area contributed by atoms with E-state index in [1.807, 2.05) is 30.3 Å². The molecule has 0 aromatic heterocycles. The summed E-state index contributed by atoms with van der Waals surface area (Å²) >= 11 is 1.29. The second kappa shape index (κ2) is 6.48. The fourth-order valence-electron chi connectivity index (χ4n) is 2.85. The molecule has 1 aromatic carbocycles. The Balaban J connectivity index is 1.69. The summed E-state index contributed by atoms with van der Waals surface area (Å²) in [7, 11) is 0. The van der Waals surface area contributed by atoms with Crippen LogP contribution in [0.4, 0.5) is 0 Å². The van der Waals surface area contributed by atoms with E-state index in [2.05, 4.69) is 5.32 Å². The molecule has 2 fully saturated rings. The van der Waals surface area contributed by atoms with Crippen molar-refractivity contribution in [2.24, 2.45) is 0 Å². The number of benzene rings is 1. The lowest BCUT2D eigenvalue weighted by Crippen LogP contribution is -2.31. The molecule has 5 heteroatoms. The highest BCUT2D eigenvalue weighted by Gasteiger charge is 2.32. The molecule has 2 aliphatic rings. The van der Waals surface area contributed by atoms with Crippen molar-refractivity contribution in [3.63, 3.8) is 0 Å². The summed E-state index contributed by atoms with van der Waals surface area (Å²) in [5.41, 5.74) is 1.23. The molecule has 1 N–H and O–H groups in total. The van der Waals surface area contributed by atoms with Crippen molar-refractivity contribution in [2.75, 3.05) is 5.75 Å². The van der Waals surface area contributed by atoms with E-state index in [1.165, 1.54) is 18.0 Å². The quantitative estimate of drug-likeness (QED) is 0.684. The molecule has 1 aliphatic heterocycles. The predicted octanol–water partition coefficient (Wildman–Crippen LogP) is 2.21. The molecule has 1 atom stereocenters. The topological polar surface area (TPSA) is 63.2 Å². The van der Waals surface area contributed by atoms with Crippen molar-refractivity contribution in [1.29, 1.82) is 0 Å². The molecular weight excluding hydrogens is 298 g/mol. The molecule has 1 unspecified atom stereocenters. The smallest absolute Gasteiger partial charge is 0.211 e. The molecule has 4 nitrogen and oxygen atoms in total. The van der Waals surface area contributed by atoms with Crippen molar-refractivity contribution >= 4 is 28.4 Å². The van der Waals surface area contributed by atoms with Crippen LogP contribution in [0.1, 0.15) is 30.7 Å². The van der Waals surface area contributed by atoms with Crippen LogP contribution in [-0.4, -0.2) is 28.5 Å². The lowest BCUT2D eigenvalue weighted by Gasteiger charge is -2.22. The summed E-state index contributed by atoms with van der Waals surface area (Å²) in [6, 6.07) is 9.38.